The van der Waals surface area contributed by atoms with Crippen molar-refractivity contribution in [2.75, 3.05) is 41.0 Å². The minimum absolute atomic E-state index is 0.0390. The van der Waals surface area contributed by atoms with E-state index in [0.717, 1.165) is 44.9 Å². The summed E-state index contributed by atoms with van der Waals surface area (Å²) < 4.78 is 17.3. The molecule has 0 saturated carbocycles. The largest absolute Gasteiger partial charge is 0.477 e. The molecule has 344 valence electrons. The number of rotatable bonds is 42. The van der Waals surface area contributed by atoms with Crippen LogP contribution in [0.15, 0.2) is 72.9 Å². The second kappa shape index (κ2) is 42.5. The fraction of sp³-hybridized carbons (Fsp3) is 0.712. The van der Waals surface area contributed by atoms with Gasteiger partial charge in [0.05, 0.1) is 34.4 Å². The van der Waals surface area contributed by atoms with Gasteiger partial charge in [0.15, 0.2) is 12.1 Å². The molecule has 8 heteroatoms. The van der Waals surface area contributed by atoms with Gasteiger partial charge in [0.25, 0.3) is 0 Å². The molecule has 1 N–H and O–H groups in total. The van der Waals surface area contributed by atoms with Crippen LogP contribution in [0.25, 0.3) is 0 Å². The van der Waals surface area contributed by atoms with Crippen LogP contribution in [0.2, 0.25) is 0 Å². The number of likely N-dealkylation sites (N-methyl/N-ethyl adjacent to an activating group) is 1. The highest BCUT2D eigenvalue weighted by molar-refractivity contribution is 5.72. The van der Waals surface area contributed by atoms with Gasteiger partial charge in [-0.15, -0.1) is 0 Å². The Bertz CT molecular complexity index is 1210. The van der Waals surface area contributed by atoms with Crippen LogP contribution >= 0.6 is 0 Å². The second-order valence-electron chi connectivity index (χ2n) is 17.1. The highest BCUT2D eigenvalue weighted by atomic mass is 16.6. The molecule has 0 aliphatic rings. The van der Waals surface area contributed by atoms with E-state index in [9.17, 15) is 19.5 Å². The Labute approximate surface area is 368 Å². The fourth-order valence-electron chi connectivity index (χ4n) is 6.75. The summed E-state index contributed by atoms with van der Waals surface area (Å²) in [7, 11) is 5.51. The summed E-state index contributed by atoms with van der Waals surface area (Å²) in [4.78, 5) is 37.0. The van der Waals surface area contributed by atoms with E-state index in [2.05, 4.69) is 38.2 Å². The number of hydrogen-bond acceptors (Lipinski definition) is 6. The quantitative estimate of drug-likeness (QED) is 0.0215. The molecular formula is C52H90NO7+. The van der Waals surface area contributed by atoms with Crippen molar-refractivity contribution >= 4 is 17.9 Å². The molecule has 0 heterocycles. The first-order chi connectivity index (χ1) is 29.1. The lowest BCUT2D eigenvalue weighted by Gasteiger charge is -2.31. The van der Waals surface area contributed by atoms with Gasteiger partial charge in [-0.25, -0.2) is 4.79 Å². The van der Waals surface area contributed by atoms with Crippen molar-refractivity contribution in [1.29, 1.82) is 0 Å². The molecule has 0 rings (SSSR count). The van der Waals surface area contributed by atoms with Crippen molar-refractivity contribution in [3.05, 3.63) is 72.9 Å². The number of allylic oxidation sites excluding steroid dienone is 12. The zero-order chi connectivity index (χ0) is 44.2. The van der Waals surface area contributed by atoms with Gasteiger partial charge in [-0.3, -0.25) is 9.59 Å². The van der Waals surface area contributed by atoms with E-state index in [1.54, 1.807) is 0 Å². The minimum atomic E-state index is -0.885. The van der Waals surface area contributed by atoms with Gasteiger partial charge in [-0.1, -0.05) is 183 Å². The minimum Gasteiger partial charge on any atom is -0.477 e. The molecule has 0 aliphatic carbocycles. The Morgan fingerprint density at radius 1 is 0.517 bits per heavy atom. The number of carboxylic acid groups (broad SMARTS) is 1. The lowest BCUT2D eigenvalue weighted by molar-refractivity contribution is -0.887. The Hall–Kier alpha value is -3.23. The summed E-state index contributed by atoms with van der Waals surface area (Å²) >= 11 is 0. The molecule has 0 aromatic heterocycles. The topological polar surface area (TPSA) is 99.1 Å². The molecule has 0 radical (unpaired) electrons. The highest BCUT2D eigenvalue weighted by Crippen LogP contribution is 2.14. The van der Waals surface area contributed by atoms with Crippen LogP contribution in [0.5, 0.6) is 0 Å². The standard InChI is InChI=1S/C52H89NO7/c1-6-8-10-12-14-16-18-20-22-23-24-25-26-27-29-30-32-34-36-38-40-42-50(54)59-47-48(46-58-45-44-49(52(56)57)53(3,4)5)60-51(55)43-41-39-37-35-33-31-28-21-19-17-15-13-11-9-7-2/h9,11,13,15,17,19,21,25-26,28,31,33,48-49H,6-8,10,12,14,16,18,20,22-24,27,29-30,32,34-47H2,1-5H3/p+1/b11-9+,15-13+,19-17+,26-25+,28-21+,33-31+. The van der Waals surface area contributed by atoms with Crippen LogP contribution in [0.3, 0.4) is 0 Å². The SMILES string of the molecule is CC/C=C/C=C/C=C/C=C/C=C/CCCCCC(=O)OC(COCCC(C(=O)O)[N+](C)(C)C)COC(=O)CCCCCCCCC/C=C/CCCCCCCCCCCC. The number of carbonyl (C=O) groups excluding carboxylic acids is 2. The van der Waals surface area contributed by atoms with Gasteiger partial charge < -0.3 is 23.8 Å². The molecule has 0 fully saturated rings. The van der Waals surface area contributed by atoms with E-state index in [1.807, 2.05) is 69.8 Å². The van der Waals surface area contributed by atoms with Gasteiger partial charge in [-0.2, -0.15) is 0 Å². The van der Waals surface area contributed by atoms with Crippen molar-refractivity contribution in [1.82, 2.24) is 0 Å². The molecule has 0 aromatic carbocycles. The van der Waals surface area contributed by atoms with Crippen LogP contribution < -0.4 is 0 Å². The van der Waals surface area contributed by atoms with E-state index in [4.69, 9.17) is 14.2 Å². The summed E-state index contributed by atoms with van der Waals surface area (Å²) in [5, 5.41) is 9.63. The van der Waals surface area contributed by atoms with Crippen LogP contribution in [0.1, 0.15) is 187 Å². The lowest BCUT2D eigenvalue weighted by atomic mass is 10.1. The predicted molar refractivity (Wildman–Crippen MR) is 252 cm³/mol. The molecule has 2 unspecified atom stereocenters. The van der Waals surface area contributed by atoms with Crippen molar-refractivity contribution in [2.24, 2.45) is 0 Å². The van der Waals surface area contributed by atoms with Gasteiger partial charge in [0, 0.05) is 19.3 Å². The maximum atomic E-state index is 12.7. The average molecular weight is 841 g/mol. The third kappa shape index (κ3) is 40.2. The zero-order valence-electron chi connectivity index (χ0n) is 39.1. The smallest absolute Gasteiger partial charge is 0.362 e. The molecule has 0 spiro atoms. The molecule has 2 atom stereocenters. The van der Waals surface area contributed by atoms with Crippen LogP contribution in [0, 0.1) is 0 Å². The summed E-state index contributed by atoms with van der Waals surface area (Å²) in [5.74, 6) is -1.53. The summed E-state index contributed by atoms with van der Waals surface area (Å²) in [6.45, 7) is 4.54. The number of ether oxygens (including phenoxy) is 3. The zero-order valence-corrected chi connectivity index (χ0v) is 39.1. The Morgan fingerprint density at radius 2 is 0.950 bits per heavy atom. The fourth-order valence-corrected chi connectivity index (χ4v) is 6.75. The number of unbranched alkanes of at least 4 members (excludes halogenated alkanes) is 20. The molecule has 0 bridgehead atoms. The van der Waals surface area contributed by atoms with Crippen molar-refractivity contribution in [3.63, 3.8) is 0 Å². The first-order valence-corrected chi connectivity index (χ1v) is 24.0. The number of hydrogen-bond donors (Lipinski definition) is 1. The van der Waals surface area contributed by atoms with Gasteiger partial charge in [0.2, 0.25) is 0 Å². The van der Waals surface area contributed by atoms with Gasteiger partial charge in [-0.05, 0) is 57.8 Å². The predicted octanol–water partition coefficient (Wildman–Crippen LogP) is 13.5. The first-order valence-electron chi connectivity index (χ1n) is 24.0. The average Bonchev–Trinajstić information content (AvgIpc) is 3.21. The summed E-state index contributed by atoms with van der Waals surface area (Å²) in [5.41, 5.74) is 0. The number of nitrogens with zero attached hydrogens (tertiary/aromatic N) is 1. The second-order valence-corrected chi connectivity index (χ2v) is 17.1. The number of aliphatic carboxylic acids is 1. The maximum absolute atomic E-state index is 12.7. The molecular weight excluding hydrogens is 751 g/mol. The number of esters is 2. The van der Waals surface area contributed by atoms with E-state index >= 15 is 0 Å². The van der Waals surface area contributed by atoms with Gasteiger partial charge >= 0.3 is 17.9 Å². The molecule has 0 amide bonds. The number of carboxylic acids is 1. The van der Waals surface area contributed by atoms with Crippen LogP contribution in [0.4, 0.5) is 0 Å². The van der Waals surface area contributed by atoms with E-state index in [0.29, 0.717) is 19.3 Å². The Balaban J connectivity index is 4.33. The third-order valence-electron chi connectivity index (χ3n) is 10.5. The van der Waals surface area contributed by atoms with Crippen molar-refractivity contribution < 1.29 is 38.2 Å². The molecule has 8 nitrogen and oxygen atoms in total. The first kappa shape index (κ1) is 56.8. The van der Waals surface area contributed by atoms with Crippen molar-refractivity contribution in [2.45, 2.75) is 199 Å². The molecule has 60 heavy (non-hydrogen) atoms. The van der Waals surface area contributed by atoms with E-state index in [1.165, 1.54) is 103 Å². The number of carbonyl (C=O) groups is 3. The number of quaternary nitrogens is 1. The normalized spacial score (nSPS) is 13.6. The van der Waals surface area contributed by atoms with Crippen LogP contribution in [-0.2, 0) is 28.6 Å². The highest BCUT2D eigenvalue weighted by Gasteiger charge is 2.31. The monoisotopic (exact) mass is 841 g/mol. The molecule has 0 saturated heterocycles. The Kier molecular flexibility index (Phi) is 40.2. The lowest BCUT2D eigenvalue weighted by Crippen LogP contribution is -2.50. The third-order valence-corrected chi connectivity index (χ3v) is 10.5. The van der Waals surface area contributed by atoms with E-state index < -0.39 is 18.1 Å². The molecule has 0 aliphatic heterocycles. The Morgan fingerprint density at radius 3 is 1.45 bits per heavy atom. The maximum Gasteiger partial charge on any atom is 0.362 e. The van der Waals surface area contributed by atoms with Gasteiger partial charge in [0.1, 0.15) is 6.61 Å². The van der Waals surface area contributed by atoms with Crippen LogP contribution in [-0.4, -0.2) is 80.6 Å². The molecule has 0 aromatic rings. The summed E-state index contributed by atoms with van der Waals surface area (Å²) in [6.07, 6.45) is 53.8. The van der Waals surface area contributed by atoms with E-state index in [-0.39, 0.29) is 42.7 Å². The summed E-state index contributed by atoms with van der Waals surface area (Å²) in [6, 6.07) is -0.627. The van der Waals surface area contributed by atoms with Crippen molar-refractivity contribution in [3.8, 4) is 0 Å².